The zero-order valence-corrected chi connectivity index (χ0v) is 17.3. The summed E-state index contributed by atoms with van der Waals surface area (Å²) in [6.45, 7) is 8.32. The Bertz CT molecular complexity index is 498. The van der Waals surface area contributed by atoms with Crippen molar-refractivity contribution in [1.29, 1.82) is 0 Å². The van der Waals surface area contributed by atoms with Crippen molar-refractivity contribution in [3.63, 3.8) is 0 Å². The van der Waals surface area contributed by atoms with Gasteiger partial charge in [0.1, 0.15) is 12.5 Å². The lowest BCUT2D eigenvalue weighted by Crippen LogP contribution is -2.44. The van der Waals surface area contributed by atoms with Gasteiger partial charge in [0.05, 0.1) is 0 Å². The molecule has 0 bridgehead atoms. The zero-order chi connectivity index (χ0) is 21.3. The number of likely N-dealkylation sites (tertiary alicyclic amines) is 2. The molecule has 3 atom stereocenters. The van der Waals surface area contributed by atoms with E-state index in [1.54, 1.807) is 4.90 Å². The van der Waals surface area contributed by atoms with Crippen LogP contribution in [0.15, 0.2) is 0 Å². The average molecular weight is 409 g/mol. The zero-order valence-electron chi connectivity index (χ0n) is 17.3. The number of amides is 2. The molecule has 0 aromatic carbocycles. The van der Waals surface area contributed by atoms with Gasteiger partial charge in [-0.2, -0.15) is 13.2 Å². The van der Waals surface area contributed by atoms with E-state index in [-0.39, 0.29) is 5.91 Å². The van der Waals surface area contributed by atoms with Crippen molar-refractivity contribution in [3.8, 4) is 0 Å². The second-order valence-corrected chi connectivity index (χ2v) is 7.92. The average Bonchev–Trinajstić information content (AvgIpc) is 2.66. The van der Waals surface area contributed by atoms with Crippen LogP contribution in [-0.2, 0) is 9.59 Å². The molecule has 0 aromatic heterocycles. The summed E-state index contributed by atoms with van der Waals surface area (Å²) in [6.07, 6.45) is -0.333. The molecule has 1 N–H and O–H groups in total. The van der Waals surface area contributed by atoms with Crippen molar-refractivity contribution in [2.75, 3.05) is 26.2 Å². The number of aliphatic hydroxyl groups excluding tert-OH is 1. The van der Waals surface area contributed by atoms with Crippen LogP contribution in [0.25, 0.3) is 0 Å². The summed E-state index contributed by atoms with van der Waals surface area (Å²) in [7, 11) is 0. The highest BCUT2D eigenvalue weighted by atomic mass is 19.4. The Balaban J connectivity index is 0.000000283. The van der Waals surface area contributed by atoms with Crippen molar-refractivity contribution in [3.05, 3.63) is 0 Å². The van der Waals surface area contributed by atoms with E-state index in [4.69, 9.17) is 5.11 Å². The molecule has 0 aromatic rings. The van der Waals surface area contributed by atoms with E-state index < -0.39 is 24.6 Å². The summed E-state index contributed by atoms with van der Waals surface area (Å²) in [5, 5.41) is 9.14. The third-order valence-corrected chi connectivity index (χ3v) is 5.57. The van der Waals surface area contributed by atoms with Crippen molar-refractivity contribution < 1.29 is 27.9 Å². The fourth-order valence-electron chi connectivity index (χ4n) is 3.77. The van der Waals surface area contributed by atoms with Gasteiger partial charge in [0.2, 0.25) is 5.91 Å². The predicted octanol–water partition coefficient (Wildman–Crippen LogP) is 3.60. The Morgan fingerprint density at radius 1 is 1.00 bits per heavy atom. The summed E-state index contributed by atoms with van der Waals surface area (Å²) in [5.41, 5.74) is 0. The van der Waals surface area contributed by atoms with E-state index in [0.29, 0.717) is 24.9 Å². The van der Waals surface area contributed by atoms with E-state index in [2.05, 4.69) is 6.92 Å². The van der Waals surface area contributed by atoms with Gasteiger partial charge in [-0.1, -0.05) is 26.7 Å². The fraction of sp³-hybridized carbons (Fsp3) is 0.900. The molecule has 2 amide bonds. The fourth-order valence-corrected chi connectivity index (χ4v) is 3.77. The first-order chi connectivity index (χ1) is 13.1. The van der Waals surface area contributed by atoms with Crippen LogP contribution in [0.5, 0.6) is 0 Å². The molecule has 2 saturated heterocycles. The Hall–Kier alpha value is -1.31. The van der Waals surface area contributed by atoms with Gasteiger partial charge < -0.3 is 14.9 Å². The van der Waals surface area contributed by atoms with Crippen LogP contribution in [0.3, 0.4) is 0 Å². The van der Waals surface area contributed by atoms with Crippen LogP contribution in [-0.4, -0.2) is 65.2 Å². The number of halogens is 3. The first kappa shape index (κ1) is 24.7. The number of nitrogens with zero attached hydrogens (tertiary/aromatic N) is 2. The number of hydrogen-bond acceptors (Lipinski definition) is 3. The van der Waals surface area contributed by atoms with Gasteiger partial charge in [-0.15, -0.1) is 0 Å². The Kier molecular flexibility index (Phi) is 10.3. The molecular weight excluding hydrogens is 373 g/mol. The van der Waals surface area contributed by atoms with Crippen LogP contribution in [0, 0.1) is 11.8 Å². The molecule has 8 heteroatoms. The normalized spacial score (nSPS) is 24.2. The molecule has 0 radical (unpaired) electrons. The van der Waals surface area contributed by atoms with E-state index >= 15 is 0 Å². The summed E-state index contributed by atoms with van der Waals surface area (Å²) >= 11 is 0. The molecule has 2 rings (SSSR count). The molecule has 5 nitrogen and oxygen atoms in total. The number of carbonyl (C=O) groups excluding carboxylic acids is 2. The summed E-state index contributed by atoms with van der Waals surface area (Å²) in [6, 6.07) is 0. The lowest BCUT2D eigenvalue weighted by Gasteiger charge is -2.33. The monoisotopic (exact) mass is 408 g/mol. The van der Waals surface area contributed by atoms with Crippen LogP contribution in [0.1, 0.15) is 65.7 Å². The quantitative estimate of drug-likeness (QED) is 0.773. The highest BCUT2D eigenvalue weighted by molar-refractivity contribution is 5.80. The molecule has 2 heterocycles. The second-order valence-electron chi connectivity index (χ2n) is 7.92. The SMILES string of the molecule is CCC1CCCN(C(=O)C(C)O)C1.CCC1CCCN(C(=O)CC(F)(F)F)C1. The van der Waals surface area contributed by atoms with Gasteiger partial charge >= 0.3 is 6.18 Å². The van der Waals surface area contributed by atoms with Gasteiger partial charge in [-0.05, 0) is 44.4 Å². The molecule has 2 aliphatic heterocycles. The minimum Gasteiger partial charge on any atom is -0.384 e. The minimum absolute atomic E-state index is 0.113. The third-order valence-electron chi connectivity index (χ3n) is 5.57. The molecule has 28 heavy (non-hydrogen) atoms. The Morgan fingerprint density at radius 3 is 1.89 bits per heavy atom. The summed E-state index contributed by atoms with van der Waals surface area (Å²) in [5.74, 6) is 0.117. The topological polar surface area (TPSA) is 60.9 Å². The molecule has 0 aliphatic carbocycles. The molecular formula is C20H35F3N2O3. The molecule has 3 unspecified atom stereocenters. The lowest BCUT2D eigenvalue weighted by atomic mass is 9.95. The van der Waals surface area contributed by atoms with E-state index in [1.165, 1.54) is 18.2 Å². The molecule has 164 valence electrons. The molecule has 2 fully saturated rings. The Labute approximate surface area is 166 Å². The lowest BCUT2D eigenvalue weighted by molar-refractivity contribution is -0.162. The number of alkyl halides is 3. The van der Waals surface area contributed by atoms with Crippen LogP contribution < -0.4 is 0 Å². The van der Waals surface area contributed by atoms with Crippen LogP contribution in [0.4, 0.5) is 13.2 Å². The predicted molar refractivity (Wildman–Crippen MR) is 102 cm³/mol. The molecule has 2 aliphatic rings. The third kappa shape index (κ3) is 8.80. The van der Waals surface area contributed by atoms with E-state index in [0.717, 1.165) is 45.2 Å². The van der Waals surface area contributed by atoms with Gasteiger partial charge in [0, 0.05) is 26.2 Å². The van der Waals surface area contributed by atoms with Crippen LogP contribution >= 0.6 is 0 Å². The van der Waals surface area contributed by atoms with Gasteiger partial charge in [-0.3, -0.25) is 9.59 Å². The maximum absolute atomic E-state index is 12.0. The highest BCUT2D eigenvalue weighted by Crippen LogP contribution is 2.24. The second kappa shape index (κ2) is 11.6. The number of hydrogen-bond donors (Lipinski definition) is 1. The van der Waals surface area contributed by atoms with Gasteiger partial charge in [0.25, 0.3) is 5.91 Å². The Morgan fingerprint density at radius 2 is 1.46 bits per heavy atom. The van der Waals surface area contributed by atoms with Gasteiger partial charge in [0.15, 0.2) is 0 Å². The number of piperidine rings is 2. The molecule has 0 spiro atoms. The number of carbonyl (C=O) groups is 2. The minimum atomic E-state index is -4.38. The number of rotatable bonds is 4. The first-order valence-electron chi connectivity index (χ1n) is 10.4. The first-order valence-corrected chi connectivity index (χ1v) is 10.4. The molecule has 0 saturated carbocycles. The number of aliphatic hydroxyl groups is 1. The van der Waals surface area contributed by atoms with Crippen molar-refractivity contribution >= 4 is 11.8 Å². The van der Waals surface area contributed by atoms with E-state index in [9.17, 15) is 22.8 Å². The van der Waals surface area contributed by atoms with Crippen LogP contribution in [0.2, 0.25) is 0 Å². The van der Waals surface area contributed by atoms with Gasteiger partial charge in [-0.25, -0.2) is 0 Å². The smallest absolute Gasteiger partial charge is 0.384 e. The standard InChI is InChI=1S/C10H16F3NO.C10H19NO2/c1-2-8-4-3-5-14(7-8)9(15)6-10(11,12)13;1-3-9-5-4-6-11(7-9)10(13)8(2)12/h8H,2-7H2,1H3;8-9,12H,3-7H2,1-2H3. The largest absolute Gasteiger partial charge is 0.397 e. The van der Waals surface area contributed by atoms with E-state index in [1.807, 2.05) is 6.92 Å². The maximum Gasteiger partial charge on any atom is 0.397 e. The van der Waals surface area contributed by atoms with Crippen molar-refractivity contribution in [2.45, 2.75) is 78.0 Å². The summed E-state index contributed by atoms with van der Waals surface area (Å²) in [4.78, 5) is 25.9. The maximum atomic E-state index is 12.0. The summed E-state index contributed by atoms with van der Waals surface area (Å²) < 4.78 is 36.0. The van der Waals surface area contributed by atoms with Crippen molar-refractivity contribution in [1.82, 2.24) is 9.80 Å². The highest BCUT2D eigenvalue weighted by Gasteiger charge is 2.34. The van der Waals surface area contributed by atoms with Crippen molar-refractivity contribution in [2.24, 2.45) is 11.8 Å².